The van der Waals surface area contributed by atoms with Gasteiger partial charge in [0.15, 0.2) is 5.69 Å². The average Bonchev–Trinajstić information content (AvgIpc) is 3.21. The van der Waals surface area contributed by atoms with Gasteiger partial charge in [0.2, 0.25) is 5.88 Å². The summed E-state index contributed by atoms with van der Waals surface area (Å²) >= 11 is 0. The van der Waals surface area contributed by atoms with Gasteiger partial charge in [-0.15, -0.1) is 5.10 Å². The highest BCUT2D eigenvalue weighted by Gasteiger charge is 2.14. The van der Waals surface area contributed by atoms with Crippen LogP contribution in [0.1, 0.15) is 10.5 Å². The Morgan fingerprint density at radius 2 is 1.59 bits per heavy atom. The highest BCUT2D eigenvalue weighted by atomic mass is 16.5. The zero-order chi connectivity index (χ0) is 18.5. The summed E-state index contributed by atoms with van der Waals surface area (Å²) in [6, 6.07) is 21.4. The maximum Gasteiger partial charge on any atom is 0.365 e. The highest BCUT2D eigenvalue weighted by Crippen LogP contribution is 2.22. The first-order valence-electron chi connectivity index (χ1n) is 8.17. The quantitative estimate of drug-likeness (QED) is 0.400. The Balaban J connectivity index is 1.42. The van der Waals surface area contributed by atoms with E-state index in [9.17, 15) is 4.79 Å². The molecule has 7 heteroatoms. The van der Waals surface area contributed by atoms with Crippen LogP contribution in [-0.4, -0.2) is 25.9 Å². The van der Waals surface area contributed by atoms with Gasteiger partial charge in [-0.2, -0.15) is 9.90 Å². The van der Waals surface area contributed by atoms with Gasteiger partial charge in [0, 0.05) is 12.3 Å². The van der Waals surface area contributed by atoms with E-state index in [2.05, 4.69) is 15.2 Å². The van der Waals surface area contributed by atoms with E-state index in [1.54, 1.807) is 36.5 Å². The standard InChI is InChI=1S/C20H14N4O3/c25-20(18-14-22-24(23-18)15-6-2-1-3-7-15)27-17-11-9-16(10-12-17)26-19-8-4-5-13-21-19/h1-14H. The van der Waals surface area contributed by atoms with Crippen molar-refractivity contribution in [1.29, 1.82) is 0 Å². The number of carbonyl (C=O) groups is 1. The van der Waals surface area contributed by atoms with Gasteiger partial charge in [0.05, 0.1) is 11.9 Å². The lowest BCUT2D eigenvalue weighted by Gasteiger charge is -2.06. The molecule has 0 saturated heterocycles. The van der Waals surface area contributed by atoms with Crippen LogP contribution in [0.25, 0.3) is 5.69 Å². The van der Waals surface area contributed by atoms with Crippen molar-refractivity contribution in [2.24, 2.45) is 0 Å². The third-order valence-electron chi connectivity index (χ3n) is 3.58. The van der Waals surface area contributed by atoms with Crippen molar-refractivity contribution in [3.63, 3.8) is 0 Å². The summed E-state index contributed by atoms with van der Waals surface area (Å²) in [5, 5.41) is 8.24. The van der Waals surface area contributed by atoms with Crippen molar-refractivity contribution < 1.29 is 14.3 Å². The number of aromatic nitrogens is 4. The minimum Gasteiger partial charge on any atom is -0.439 e. The first-order chi connectivity index (χ1) is 13.3. The summed E-state index contributed by atoms with van der Waals surface area (Å²) in [4.78, 5) is 17.7. The largest absolute Gasteiger partial charge is 0.439 e. The maximum atomic E-state index is 12.3. The third-order valence-corrected chi connectivity index (χ3v) is 3.58. The monoisotopic (exact) mass is 358 g/mol. The second-order valence-electron chi connectivity index (χ2n) is 5.49. The van der Waals surface area contributed by atoms with E-state index in [1.807, 2.05) is 42.5 Å². The molecular weight excluding hydrogens is 344 g/mol. The molecule has 0 saturated carbocycles. The van der Waals surface area contributed by atoms with Gasteiger partial charge in [-0.25, -0.2) is 9.78 Å². The van der Waals surface area contributed by atoms with Crippen molar-refractivity contribution >= 4 is 5.97 Å². The summed E-state index contributed by atoms with van der Waals surface area (Å²) in [7, 11) is 0. The van der Waals surface area contributed by atoms with Crippen molar-refractivity contribution in [2.75, 3.05) is 0 Å². The minimum absolute atomic E-state index is 0.118. The predicted octanol–water partition coefficient (Wildman–Crippen LogP) is 3.67. The van der Waals surface area contributed by atoms with Crippen molar-refractivity contribution in [1.82, 2.24) is 20.0 Å². The molecule has 27 heavy (non-hydrogen) atoms. The SMILES string of the molecule is O=C(Oc1ccc(Oc2ccccn2)cc1)c1cnn(-c2ccccc2)n1. The fourth-order valence-electron chi connectivity index (χ4n) is 2.31. The van der Waals surface area contributed by atoms with E-state index in [0.717, 1.165) is 5.69 Å². The van der Waals surface area contributed by atoms with Crippen molar-refractivity contribution in [2.45, 2.75) is 0 Å². The molecule has 4 aromatic rings. The molecule has 0 N–H and O–H groups in total. The number of nitrogens with zero attached hydrogens (tertiary/aromatic N) is 4. The number of esters is 1. The van der Waals surface area contributed by atoms with Crippen LogP contribution >= 0.6 is 0 Å². The topological polar surface area (TPSA) is 79.1 Å². The van der Waals surface area contributed by atoms with Gasteiger partial charge in [-0.05, 0) is 42.5 Å². The zero-order valence-electron chi connectivity index (χ0n) is 14.1. The molecule has 0 spiro atoms. The molecule has 4 rings (SSSR count). The maximum absolute atomic E-state index is 12.3. The van der Waals surface area contributed by atoms with E-state index in [1.165, 1.54) is 11.0 Å². The summed E-state index contributed by atoms with van der Waals surface area (Å²) in [5.41, 5.74) is 0.875. The predicted molar refractivity (Wildman–Crippen MR) is 97.1 cm³/mol. The first-order valence-corrected chi connectivity index (χ1v) is 8.17. The molecule has 0 radical (unpaired) electrons. The normalized spacial score (nSPS) is 10.4. The Labute approximate surface area is 154 Å². The molecule has 7 nitrogen and oxygen atoms in total. The number of pyridine rings is 1. The average molecular weight is 358 g/mol. The molecular formula is C20H14N4O3. The Hall–Kier alpha value is -4.00. The fraction of sp³-hybridized carbons (Fsp3) is 0. The van der Waals surface area contributed by atoms with Crippen molar-refractivity contribution in [3.8, 4) is 23.1 Å². The van der Waals surface area contributed by atoms with Crippen LogP contribution in [0.3, 0.4) is 0 Å². The number of benzene rings is 2. The van der Waals surface area contributed by atoms with Crippen molar-refractivity contribution in [3.05, 3.63) is 90.9 Å². The van der Waals surface area contributed by atoms with Crippen LogP contribution in [-0.2, 0) is 0 Å². The first kappa shape index (κ1) is 16.5. The lowest BCUT2D eigenvalue weighted by molar-refractivity contribution is 0.0728. The van der Waals surface area contributed by atoms with E-state index in [4.69, 9.17) is 9.47 Å². The summed E-state index contributed by atoms with van der Waals surface area (Å²) in [6.07, 6.45) is 3.02. The van der Waals surface area contributed by atoms with Crippen LogP contribution in [0.15, 0.2) is 85.2 Å². The van der Waals surface area contributed by atoms with E-state index in [-0.39, 0.29) is 5.69 Å². The minimum atomic E-state index is -0.587. The Morgan fingerprint density at radius 1 is 0.852 bits per heavy atom. The van der Waals surface area contributed by atoms with Gasteiger partial charge >= 0.3 is 5.97 Å². The lowest BCUT2D eigenvalue weighted by Crippen LogP contribution is -2.10. The number of rotatable bonds is 5. The molecule has 0 aliphatic carbocycles. The fourth-order valence-corrected chi connectivity index (χ4v) is 2.31. The summed E-state index contributed by atoms with van der Waals surface area (Å²) in [6.45, 7) is 0. The van der Waals surface area contributed by atoms with Crippen LogP contribution in [0, 0.1) is 0 Å². The number of ether oxygens (including phenoxy) is 2. The van der Waals surface area contributed by atoms with E-state index < -0.39 is 5.97 Å². The molecule has 2 heterocycles. The molecule has 2 aromatic carbocycles. The lowest BCUT2D eigenvalue weighted by atomic mass is 10.3. The molecule has 132 valence electrons. The number of para-hydroxylation sites is 1. The molecule has 0 amide bonds. The second-order valence-corrected chi connectivity index (χ2v) is 5.49. The summed E-state index contributed by atoms with van der Waals surface area (Å²) in [5.74, 6) is 0.862. The molecule has 0 atom stereocenters. The van der Waals surface area contributed by atoms with Crippen LogP contribution in [0.4, 0.5) is 0 Å². The zero-order valence-corrected chi connectivity index (χ0v) is 14.1. The molecule has 2 aromatic heterocycles. The Bertz CT molecular complexity index is 1030. The van der Waals surface area contributed by atoms with Gasteiger partial charge < -0.3 is 9.47 Å². The molecule has 0 unspecified atom stereocenters. The third kappa shape index (κ3) is 3.98. The van der Waals surface area contributed by atoms with Gasteiger partial charge in [-0.1, -0.05) is 24.3 Å². The van der Waals surface area contributed by atoms with Crippen LogP contribution < -0.4 is 9.47 Å². The number of hydrogen-bond acceptors (Lipinski definition) is 6. The van der Waals surface area contributed by atoms with E-state index >= 15 is 0 Å². The molecule has 0 aliphatic heterocycles. The number of hydrogen-bond donors (Lipinski definition) is 0. The Kier molecular flexibility index (Phi) is 4.57. The van der Waals surface area contributed by atoms with Gasteiger partial charge in [0.25, 0.3) is 0 Å². The van der Waals surface area contributed by atoms with Gasteiger partial charge in [-0.3, -0.25) is 0 Å². The molecule has 0 aliphatic rings. The Morgan fingerprint density at radius 3 is 2.33 bits per heavy atom. The second kappa shape index (κ2) is 7.49. The van der Waals surface area contributed by atoms with Gasteiger partial charge in [0.1, 0.15) is 11.5 Å². The van der Waals surface area contributed by atoms with Crippen LogP contribution in [0.5, 0.6) is 17.4 Å². The molecule has 0 bridgehead atoms. The number of carbonyl (C=O) groups excluding carboxylic acids is 1. The smallest absolute Gasteiger partial charge is 0.365 e. The van der Waals surface area contributed by atoms with E-state index in [0.29, 0.717) is 17.4 Å². The highest BCUT2D eigenvalue weighted by molar-refractivity contribution is 5.88. The summed E-state index contributed by atoms with van der Waals surface area (Å²) < 4.78 is 10.9. The van der Waals surface area contributed by atoms with Crippen LogP contribution in [0.2, 0.25) is 0 Å². The molecule has 0 fully saturated rings.